The van der Waals surface area contributed by atoms with Crippen molar-refractivity contribution in [1.29, 1.82) is 0 Å². The van der Waals surface area contributed by atoms with E-state index in [2.05, 4.69) is 19.3 Å². The van der Waals surface area contributed by atoms with Crippen molar-refractivity contribution in [2.75, 3.05) is 18.0 Å². The Morgan fingerprint density at radius 3 is 2.07 bits per heavy atom. The Morgan fingerprint density at radius 1 is 0.867 bits per heavy atom. The van der Waals surface area contributed by atoms with E-state index in [1.165, 1.54) is 43.5 Å². The molecule has 0 unspecified atom stereocenters. The van der Waals surface area contributed by atoms with Crippen LogP contribution in [0, 0.1) is 0 Å². The highest BCUT2D eigenvalue weighted by atomic mass is 32.2. The molecule has 10 heteroatoms. The zero-order valence-electron chi connectivity index (χ0n) is 16.6. The quantitative estimate of drug-likeness (QED) is 0.637. The van der Waals surface area contributed by atoms with Crippen molar-refractivity contribution in [3.8, 4) is 0 Å². The second-order valence-electron chi connectivity index (χ2n) is 7.76. The molecule has 2 N–H and O–H groups in total. The number of rotatable bonds is 8. The number of hydrogen-bond donors (Lipinski definition) is 2. The summed E-state index contributed by atoms with van der Waals surface area (Å²) in [5, 5.41) is 0. The molecule has 8 nitrogen and oxygen atoms in total. The smallest absolute Gasteiger partial charge is 0.240 e. The molecule has 1 aliphatic heterocycles. The van der Waals surface area contributed by atoms with Crippen LogP contribution < -0.4 is 14.3 Å². The molecule has 1 saturated heterocycles. The third kappa shape index (κ3) is 5.18. The van der Waals surface area contributed by atoms with Crippen LogP contribution in [0.2, 0.25) is 0 Å². The number of aromatic nitrogens is 1. The number of hydrogen-bond acceptors (Lipinski definition) is 6. The van der Waals surface area contributed by atoms with Crippen molar-refractivity contribution in [3.05, 3.63) is 48.2 Å². The SMILES string of the molecule is O=S(=O)(NCc1ccc(N2CCCCC2)nc1)c1ccc(S(=O)(=O)NC2CC2)cc1. The van der Waals surface area contributed by atoms with Crippen LogP contribution in [0.5, 0.6) is 0 Å². The highest BCUT2D eigenvalue weighted by Crippen LogP contribution is 2.23. The van der Waals surface area contributed by atoms with Crippen LogP contribution in [-0.4, -0.2) is 41.0 Å². The van der Waals surface area contributed by atoms with Gasteiger partial charge < -0.3 is 4.90 Å². The van der Waals surface area contributed by atoms with E-state index in [1.807, 2.05) is 12.1 Å². The normalized spacial score (nSPS) is 17.8. The van der Waals surface area contributed by atoms with E-state index in [0.29, 0.717) is 0 Å². The lowest BCUT2D eigenvalue weighted by atomic mass is 10.1. The third-order valence-corrected chi connectivity index (χ3v) is 8.25. The number of piperidine rings is 1. The van der Waals surface area contributed by atoms with Crippen LogP contribution in [0.25, 0.3) is 0 Å². The van der Waals surface area contributed by atoms with Crippen LogP contribution in [0.15, 0.2) is 52.4 Å². The standard InChI is InChI=1S/C20H26N4O4S2/c25-29(26,18-7-9-19(10-8-18)30(27,28)23-17-5-6-17)22-15-16-4-11-20(21-14-16)24-12-2-1-3-13-24/h4,7-11,14,17,22-23H,1-3,5-6,12-13,15H2. The number of nitrogens with one attached hydrogen (secondary N) is 2. The Kier molecular flexibility index (Phi) is 6.10. The first-order valence-electron chi connectivity index (χ1n) is 10.2. The molecule has 2 heterocycles. The van der Waals surface area contributed by atoms with Gasteiger partial charge in [-0.25, -0.2) is 31.3 Å². The maximum absolute atomic E-state index is 12.6. The van der Waals surface area contributed by atoms with Gasteiger partial charge in [0.05, 0.1) is 9.79 Å². The van der Waals surface area contributed by atoms with Gasteiger partial charge in [0.25, 0.3) is 0 Å². The summed E-state index contributed by atoms with van der Waals surface area (Å²) in [4.78, 5) is 6.78. The zero-order valence-corrected chi connectivity index (χ0v) is 18.3. The van der Waals surface area contributed by atoms with Gasteiger partial charge in [0.2, 0.25) is 20.0 Å². The Balaban J connectivity index is 1.38. The lowest BCUT2D eigenvalue weighted by molar-refractivity contribution is 0.573. The van der Waals surface area contributed by atoms with Gasteiger partial charge in [0, 0.05) is 31.9 Å². The van der Waals surface area contributed by atoms with Gasteiger partial charge in [-0.15, -0.1) is 0 Å². The summed E-state index contributed by atoms with van der Waals surface area (Å²) in [7, 11) is -7.37. The minimum atomic E-state index is -3.77. The van der Waals surface area contributed by atoms with Gasteiger partial charge >= 0.3 is 0 Å². The number of pyridine rings is 1. The number of anilines is 1. The lowest BCUT2D eigenvalue weighted by Crippen LogP contribution is -2.30. The molecular weight excluding hydrogens is 424 g/mol. The predicted octanol–water partition coefficient (Wildman–Crippen LogP) is 1.99. The Hall–Kier alpha value is -2.01. The summed E-state index contributed by atoms with van der Waals surface area (Å²) in [6.07, 6.45) is 6.94. The number of sulfonamides is 2. The largest absolute Gasteiger partial charge is 0.357 e. The molecule has 0 atom stereocenters. The molecule has 30 heavy (non-hydrogen) atoms. The Labute approximate surface area is 177 Å². The monoisotopic (exact) mass is 450 g/mol. The molecule has 2 fully saturated rings. The molecule has 1 aliphatic carbocycles. The fraction of sp³-hybridized carbons (Fsp3) is 0.450. The second kappa shape index (κ2) is 8.62. The van der Waals surface area contributed by atoms with Gasteiger partial charge in [-0.3, -0.25) is 0 Å². The molecule has 0 radical (unpaired) electrons. The van der Waals surface area contributed by atoms with E-state index >= 15 is 0 Å². The molecule has 2 aromatic rings. The van der Waals surface area contributed by atoms with Gasteiger partial charge in [0.15, 0.2) is 0 Å². The number of nitrogens with zero attached hydrogens (tertiary/aromatic N) is 2. The minimum absolute atomic E-state index is 0.00464. The van der Waals surface area contributed by atoms with Crippen molar-refractivity contribution in [2.45, 2.75) is 54.5 Å². The topological polar surface area (TPSA) is 108 Å². The lowest BCUT2D eigenvalue weighted by Gasteiger charge is -2.27. The molecule has 1 aromatic carbocycles. The van der Waals surface area contributed by atoms with E-state index < -0.39 is 20.0 Å². The molecule has 162 valence electrons. The molecule has 4 rings (SSSR count). The number of benzene rings is 1. The molecule has 2 aliphatic rings. The second-order valence-corrected chi connectivity index (χ2v) is 11.2. The van der Waals surface area contributed by atoms with Crippen LogP contribution in [0.3, 0.4) is 0 Å². The highest BCUT2D eigenvalue weighted by Gasteiger charge is 2.28. The van der Waals surface area contributed by atoms with Crippen LogP contribution in [-0.2, 0) is 26.6 Å². The molecule has 1 saturated carbocycles. The van der Waals surface area contributed by atoms with Gasteiger partial charge in [-0.2, -0.15) is 0 Å². The molecule has 0 bridgehead atoms. The van der Waals surface area contributed by atoms with Crippen molar-refractivity contribution < 1.29 is 16.8 Å². The van der Waals surface area contributed by atoms with Crippen molar-refractivity contribution >= 4 is 25.9 Å². The summed E-state index contributed by atoms with van der Waals surface area (Å²) in [6, 6.07) is 9.03. The van der Waals surface area contributed by atoms with Crippen LogP contribution >= 0.6 is 0 Å². The first kappa shape index (κ1) is 21.2. The van der Waals surface area contributed by atoms with E-state index in [4.69, 9.17) is 0 Å². The van der Waals surface area contributed by atoms with Crippen LogP contribution in [0.4, 0.5) is 5.82 Å². The summed E-state index contributed by atoms with van der Waals surface area (Å²) in [5.74, 6) is 0.915. The zero-order chi connectivity index (χ0) is 21.2. The average molecular weight is 451 g/mol. The maximum Gasteiger partial charge on any atom is 0.240 e. The van der Waals surface area contributed by atoms with Crippen molar-refractivity contribution in [2.24, 2.45) is 0 Å². The van der Waals surface area contributed by atoms with E-state index in [1.54, 1.807) is 6.20 Å². The first-order valence-corrected chi connectivity index (χ1v) is 13.1. The molecular formula is C20H26N4O4S2. The van der Waals surface area contributed by atoms with E-state index in [9.17, 15) is 16.8 Å². The highest BCUT2D eigenvalue weighted by molar-refractivity contribution is 7.90. The van der Waals surface area contributed by atoms with Crippen molar-refractivity contribution in [1.82, 2.24) is 14.4 Å². The maximum atomic E-state index is 12.6. The third-order valence-electron chi connectivity index (χ3n) is 5.30. The molecule has 0 spiro atoms. The average Bonchev–Trinajstić information content (AvgIpc) is 3.57. The summed E-state index contributed by atoms with van der Waals surface area (Å²) < 4.78 is 54.7. The van der Waals surface area contributed by atoms with E-state index in [-0.39, 0.29) is 22.4 Å². The van der Waals surface area contributed by atoms with Gasteiger partial charge in [-0.1, -0.05) is 6.07 Å². The minimum Gasteiger partial charge on any atom is -0.357 e. The summed E-state index contributed by atoms with van der Waals surface area (Å²) in [5.41, 5.74) is 0.757. The molecule has 0 amide bonds. The summed E-state index contributed by atoms with van der Waals surface area (Å²) in [6.45, 7) is 2.11. The van der Waals surface area contributed by atoms with Crippen molar-refractivity contribution in [3.63, 3.8) is 0 Å². The van der Waals surface area contributed by atoms with Gasteiger partial charge in [0.1, 0.15) is 5.82 Å². The fourth-order valence-corrected chi connectivity index (χ4v) is 5.70. The fourth-order valence-electron chi connectivity index (χ4n) is 3.38. The Bertz CT molecular complexity index is 1070. The first-order chi connectivity index (χ1) is 14.3. The van der Waals surface area contributed by atoms with E-state index in [0.717, 1.165) is 37.3 Å². The van der Waals surface area contributed by atoms with Gasteiger partial charge in [-0.05, 0) is 68.0 Å². The van der Waals surface area contributed by atoms with Crippen LogP contribution in [0.1, 0.15) is 37.7 Å². The molecule has 1 aromatic heterocycles. The summed E-state index contributed by atoms with van der Waals surface area (Å²) >= 11 is 0. The predicted molar refractivity (Wildman–Crippen MR) is 114 cm³/mol. The Morgan fingerprint density at radius 2 is 1.50 bits per heavy atom.